The van der Waals surface area contributed by atoms with E-state index >= 15 is 0 Å². The molecule has 0 aliphatic rings. The molecule has 1 atom stereocenters. The van der Waals surface area contributed by atoms with Crippen LogP contribution in [0.3, 0.4) is 0 Å². The number of nitrogens with one attached hydrogen (secondary N) is 1. The molecule has 94 valence electrons. The SMILES string of the molecule is CCCCCC(C)NC(=O)c1cccc(Cl)c1. The van der Waals surface area contributed by atoms with Crippen LogP contribution < -0.4 is 5.32 Å². The Bertz CT molecular complexity index is 365. The molecule has 3 heteroatoms. The molecule has 17 heavy (non-hydrogen) atoms. The minimum absolute atomic E-state index is 0.0449. The van der Waals surface area contributed by atoms with Crippen LogP contribution >= 0.6 is 11.6 Å². The lowest BCUT2D eigenvalue weighted by Crippen LogP contribution is -2.32. The molecule has 2 nitrogen and oxygen atoms in total. The summed E-state index contributed by atoms with van der Waals surface area (Å²) < 4.78 is 0. The zero-order chi connectivity index (χ0) is 12.7. The highest BCUT2D eigenvalue weighted by Crippen LogP contribution is 2.11. The molecule has 1 unspecified atom stereocenters. The molecule has 0 saturated heterocycles. The molecule has 1 rings (SSSR count). The van der Waals surface area contributed by atoms with Gasteiger partial charge in [0.15, 0.2) is 0 Å². The highest BCUT2D eigenvalue weighted by Gasteiger charge is 2.09. The minimum atomic E-state index is -0.0449. The molecular formula is C14H20ClNO. The fourth-order valence-corrected chi connectivity index (χ4v) is 1.90. The molecule has 0 radical (unpaired) electrons. The van der Waals surface area contributed by atoms with E-state index in [0.717, 1.165) is 12.8 Å². The second-order valence-corrected chi connectivity index (χ2v) is 4.82. The van der Waals surface area contributed by atoms with E-state index in [1.165, 1.54) is 12.8 Å². The van der Waals surface area contributed by atoms with E-state index in [4.69, 9.17) is 11.6 Å². The fourth-order valence-electron chi connectivity index (χ4n) is 1.71. The molecule has 0 bridgehead atoms. The Morgan fingerprint density at radius 1 is 1.41 bits per heavy atom. The third-order valence-electron chi connectivity index (χ3n) is 2.70. The number of amides is 1. The van der Waals surface area contributed by atoms with E-state index in [1.54, 1.807) is 24.3 Å². The molecule has 1 aromatic carbocycles. The summed E-state index contributed by atoms with van der Waals surface area (Å²) >= 11 is 5.85. The van der Waals surface area contributed by atoms with Crippen molar-refractivity contribution in [3.63, 3.8) is 0 Å². The Kier molecular flexibility index (Phi) is 6.06. The molecule has 1 amide bonds. The van der Waals surface area contributed by atoms with Gasteiger partial charge in [-0.15, -0.1) is 0 Å². The Labute approximate surface area is 108 Å². The number of benzene rings is 1. The van der Waals surface area contributed by atoms with Crippen LogP contribution in [0.5, 0.6) is 0 Å². The smallest absolute Gasteiger partial charge is 0.251 e. The Balaban J connectivity index is 2.43. The predicted octanol–water partition coefficient (Wildman–Crippen LogP) is 4.04. The van der Waals surface area contributed by atoms with Crippen LogP contribution in [0.25, 0.3) is 0 Å². The first-order valence-electron chi connectivity index (χ1n) is 6.20. The topological polar surface area (TPSA) is 29.1 Å². The predicted molar refractivity (Wildman–Crippen MR) is 72.5 cm³/mol. The van der Waals surface area contributed by atoms with Gasteiger partial charge in [0.1, 0.15) is 0 Å². The largest absolute Gasteiger partial charge is 0.350 e. The number of halogens is 1. The van der Waals surface area contributed by atoms with Crippen LogP contribution in [-0.2, 0) is 0 Å². The first-order chi connectivity index (χ1) is 8.13. The van der Waals surface area contributed by atoms with Gasteiger partial charge in [-0.1, -0.05) is 43.9 Å². The Morgan fingerprint density at radius 3 is 2.82 bits per heavy atom. The summed E-state index contributed by atoms with van der Waals surface area (Å²) in [6.07, 6.45) is 4.61. The zero-order valence-corrected chi connectivity index (χ0v) is 11.3. The van der Waals surface area contributed by atoms with Crippen LogP contribution in [0.2, 0.25) is 5.02 Å². The molecule has 0 aliphatic heterocycles. The van der Waals surface area contributed by atoms with Gasteiger partial charge in [-0.2, -0.15) is 0 Å². The van der Waals surface area contributed by atoms with Crippen molar-refractivity contribution in [1.82, 2.24) is 5.32 Å². The lowest BCUT2D eigenvalue weighted by molar-refractivity contribution is 0.0938. The number of carbonyl (C=O) groups is 1. The maximum absolute atomic E-state index is 11.9. The molecule has 1 aromatic rings. The average molecular weight is 254 g/mol. The summed E-state index contributed by atoms with van der Waals surface area (Å²) in [6, 6.07) is 7.24. The Morgan fingerprint density at radius 2 is 2.18 bits per heavy atom. The second-order valence-electron chi connectivity index (χ2n) is 4.38. The van der Waals surface area contributed by atoms with Gasteiger partial charge < -0.3 is 5.32 Å². The van der Waals surface area contributed by atoms with Crippen LogP contribution in [0.4, 0.5) is 0 Å². The summed E-state index contributed by atoms with van der Waals surface area (Å²) in [4.78, 5) is 11.9. The van der Waals surface area contributed by atoms with Crippen molar-refractivity contribution in [3.8, 4) is 0 Å². The van der Waals surface area contributed by atoms with Gasteiger partial charge in [-0.05, 0) is 31.5 Å². The molecule has 0 aliphatic carbocycles. The maximum Gasteiger partial charge on any atom is 0.251 e. The molecular weight excluding hydrogens is 234 g/mol. The average Bonchev–Trinajstić information content (AvgIpc) is 2.29. The number of carbonyl (C=O) groups excluding carboxylic acids is 1. The normalized spacial score (nSPS) is 12.2. The van der Waals surface area contributed by atoms with Crippen molar-refractivity contribution in [2.24, 2.45) is 0 Å². The monoisotopic (exact) mass is 253 g/mol. The molecule has 0 heterocycles. The van der Waals surface area contributed by atoms with E-state index in [1.807, 2.05) is 6.92 Å². The van der Waals surface area contributed by atoms with E-state index < -0.39 is 0 Å². The van der Waals surface area contributed by atoms with Crippen LogP contribution in [0, 0.1) is 0 Å². The molecule has 0 fully saturated rings. The maximum atomic E-state index is 11.9. The highest BCUT2D eigenvalue weighted by atomic mass is 35.5. The van der Waals surface area contributed by atoms with Crippen molar-refractivity contribution in [2.75, 3.05) is 0 Å². The van der Waals surface area contributed by atoms with Crippen molar-refractivity contribution in [1.29, 1.82) is 0 Å². The quantitative estimate of drug-likeness (QED) is 0.762. The summed E-state index contributed by atoms with van der Waals surface area (Å²) in [5.74, 6) is -0.0449. The highest BCUT2D eigenvalue weighted by molar-refractivity contribution is 6.30. The molecule has 0 saturated carbocycles. The van der Waals surface area contributed by atoms with Gasteiger partial charge in [0.25, 0.3) is 5.91 Å². The van der Waals surface area contributed by atoms with E-state index in [0.29, 0.717) is 10.6 Å². The van der Waals surface area contributed by atoms with Gasteiger partial charge in [-0.3, -0.25) is 4.79 Å². The van der Waals surface area contributed by atoms with Crippen molar-refractivity contribution < 1.29 is 4.79 Å². The lowest BCUT2D eigenvalue weighted by Gasteiger charge is -2.13. The second kappa shape index (κ2) is 7.33. The van der Waals surface area contributed by atoms with Gasteiger partial charge >= 0.3 is 0 Å². The van der Waals surface area contributed by atoms with Gasteiger partial charge in [0, 0.05) is 16.6 Å². The van der Waals surface area contributed by atoms with Crippen molar-refractivity contribution in [2.45, 2.75) is 45.6 Å². The zero-order valence-electron chi connectivity index (χ0n) is 10.5. The number of rotatable bonds is 6. The Hall–Kier alpha value is -1.02. The van der Waals surface area contributed by atoms with E-state index in [2.05, 4.69) is 12.2 Å². The summed E-state index contributed by atoms with van der Waals surface area (Å²) in [6.45, 7) is 4.22. The number of unbranched alkanes of at least 4 members (excludes halogenated alkanes) is 2. The summed E-state index contributed by atoms with van der Waals surface area (Å²) in [5.41, 5.74) is 0.625. The lowest BCUT2D eigenvalue weighted by atomic mass is 10.1. The summed E-state index contributed by atoms with van der Waals surface area (Å²) in [5, 5.41) is 3.58. The van der Waals surface area contributed by atoms with Crippen LogP contribution in [0.1, 0.15) is 49.9 Å². The third kappa shape index (κ3) is 5.22. The molecule has 1 N–H and O–H groups in total. The number of hydrogen-bond donors (Lipinski definition) is 1. The van der Waals surface area contributed by atoms with Crippen molar-refractivity contribution in [3.05, 3.63) is 34.9 Å². The molecule has 0 spiro atoms. The van der Waals surface area contributed by atoms with E-state index in [-0.39, 0.29) is 11.9 Å². The first kappa shape index (κ1) is 14.0. The summed E-state index contributed by atoms with van der Waals surface area (Å²) in [7, 11) is 0. The van der Waals surface area contributed by atoms with Crippen LogP contribution in [0.15, 0.2) is 24.3 Å². The minimum Gasteiger partial charge on any atom is -0.350 e. The van der Waals surface area contributed by atoms with E-state index in [9.17, 15) is 4.79 Å². The van der Waals surface area contributed by atoms with Gasteiger partial charge in [0.05, 0.1) is 0 Å². The van der Waals surface area contributed by atoms with Crippen molar-refractivity contribution >= 4 is 17.5 Å². The number of hydrogen-bond acceptors (Lipinski definition) is 1. The van der Waals surface area contributed by atoms with Gasteiger partial charge in [-0.25, -0.2) is 0 Å². The fraction of sp³-hybridized carbons (Fsp3) is 0.500. The standard InChI is InChI=1S/C14H20ClNO/c1-3-4-5-7-11(2)16-14(17)12-8-6-9-13(15)10-12/h6,8-11H,3-5,7H2,1-2H3,(H,16,17). The molecule has 0 aromatic heterocycles. The van der Waals surface area contributed by atoms with Crippen LogP contribution in [-0.4, -0.2) is 11.9 Å². The first-order valence-corrected chi connectivity index (χ1v) is 6.57. The third-order valence-corrected chi connectivity index (χ3v) is 2.94. The van der Waals surface area contributed by atoms with Gasteiger partial charge in [0.2, 0.25) is 0 Å².